The van der Waals surface area contributed by atoms with E-state index in [1.807, 2.05) is 83.7 Å². The van der Waals surface area contributed by atoms with Crippen LogP contribution in [0.4, 0.5) is 0 Å². The molecule has 6 rings (SSSR count). The van der Waals surface area contributed by atoms with E-state index >= 15 is 0 Å². The van der Waals surface area contributed by atoms with E-state index in [1.165, 1.54) is 11.3 Å². The van der Waals surface area contributed by atoms with E-state index in [-0.39, 0.29) is 5.91 Å². The standard InChI is InChI=1S/C27H20N4O2S/c32-27(24-14-19-17-33-23-9-5-4-8-22(23)26(19)34-24)29-15-20-16-31(21-6-2-1-3-7-21)30-25(20)18-10-12-28-13-11-18/h1-14,16H,15,17H2,(H,29,32). The highest BCUT2D eigenvalue weighted by molar-refractivity contribution is 7.17. The van der Waals surface area contributed by atoms with Crippen molar-refractivity contribution in [2.75, 3.05) is 0 Å². The number of amides is 1. The summed E-state index contributed by atoms with van der Waals surface area (Å²) in [6.45, 7) is 0.838. The zero-order valence-corrected chi connectivity index (χ0v) is 19.0. The van der Waals surface area contributed by atoms with Crippen molar-refractivity contribution >= 4 is 17.2 Å². The summed E-state index contributed by atoms with van der Waals surface area (Å²) >= 11 is 1.50. The minimum atomic E-state index is -0.106. The highest BCUT2D eigenvalue weighted by Gasteiger charge is 2.22. The summed E-state index contributed by atoms with van der Waals surface area (Å²) in [5.74, 6) is 0.754. The number of pyridine rings is 1. The molecule has 0 spiro atoms. The number of para-hydroxylation sites is 2. The molecule has 0 bridgehead atoms. The first-order valence-electron chi connectivity index (χ1n) is 10.9. The van der Waals surface area contributed by atoms with E-state index in [9.17, 15) is 4.79 Å². The van der Waals surface area contributed by atoms with Gasteiger partial charge in [0.2, 0.25) is 0 Å². The maximum atomic E-state index is 13.1. The normalized spacial score (nSPS) is 11.9. The highest BCUT2D eigenvalue weighted by atomic mass is 32.1. The van der Waals surface area contributed by atoms with Gasteiger partial charge in [-0.3, -0.25) is 9.78 Å². The zero-order valence-electron chi connectivity index (χ0n) is 18.1. The largest absolute Gasteiger partial charge is 0.488 e. The average molecular weight is 465 g/mol. The van der Waals surface area contributed by atoms with Gasteiger partial charge in [-0.2, -0.15) is 5.10 Å². The maximum absolute atomic E-state index is 13.1. The number of nitrogens with one attached hydrogen (secondary N) is 1. The van der Waals surface area contributed by atoms with Crippen molar-refractivity contribution in [3.05, 3.63) is 107 Å². The molecule has 1 amide bonds. The molecular weight excluding hydrogens is 444 g/mol. The summed E-state index contributed by atoms with van der Waals surface area (Å²) < 4.78 is 7.68. The number of fused-ring (bicyclic) bond motifs is 3. The number of hydrogen-bond donors (Lipinski definition) is 1. The van der Waals surface area contributed by atoms with Crippen LogP contribution < -0.4 is 10.1 Å². The number of ether oxygens (including phenoxy) is 1. The molecule has 1 aliphatic heterocycles. The Morgan fingerprint density at radius 3 is 2.68 bits per heavy atom. The Morgan fingerprint density at radius 2 is 1.82 bits per heavy atom. The molecule has 5 aromatic rings. The minimum Gasteiger partial charge on any atom is -0.488 e. The molecule has 6 nitrogen and oxygen atoms in total. The van der Waals surface area contributed by atoms with Gasteiger partial charge in [0.05, 0.1) is 16.3 Å². The fourth-order valence-electron chi connectivity index (χ4n) is 4.08. The Bertz CT molecular complexity index is 1480. The first-order chi connectivity index (χ1) is 16.8. The van der Waals surface area contributed by atoms with E-state index in [0.29, 0.717) is 18.0 Å². The van der Waals surface area contributed by atoms with Gasteiger partial charge >= 0.3 is 0 Å². The van der Waals surface area contributed by atoms with Gasteiger partial charge in [-0.25, -0.2) is 4.68 Å². The van der Waals surface area contributed by atoms with Crippen molar-refractivity contribution < 1.29 is 9.53 Å². The van der Waals surface area contributed by atoms with Crippen molar-refractivity contribution in [2.45, 2.75) is 13.2 Å². The smallest absolute Gasteiger partial charge is 0.261 e. The maximum Gasteiger partial charge on any atom is 0.261 e. The summed E-state index contributed by atoms with van der Waals surface area (Å²) in [5, 5.41) is 7.89. The van der Waals surface area contributed by atoms with Gasteiger partial charge in [0.15, 0.2) is 0 Å². The Labute approximate surface area is 200 Å². The molecule has 0 aliphatic carbocycles. The van der Waals surface area contributed by atoms with E-state index in [1.54, 1.807) is 12.4 Å². The van der Waals surface area contributed by atoms with Crippen LogP contribution in [0, 0.1) is 0 Å². The molecule has 0 saturated heterocycles. The van der Waals surface area contributed by atoms with Crippen LogP contribution in [-0.4, -0.2) is 20.7 Å². The van der Waals surface area contributed by atoms with Crippen molar-refractivity contribution in [3.63, 3.8) is 0 Å². The SMILES string of the molecule is O=C(NCc1cn(-c2ccccc2)nc1-c1ccncc1)c1cc2c(s1)-c1ccccc1OC2. The molecule has 4 heterocycles. The molecule has 1 aliphatic rings. The third-order valence-electron chi connectivity index (χ3n) is 5.75. The third kappa shape index (κ3) is 3.76. The van der Waals surface area contributed by atoms with Gasteiger partial charge in [0.1, 0.15) is 12.4 Å². The van der Waals surface area contributed by atoms with E-state index in [4.69, 9.17) is 9.84 Å². The summed E-state index contributed by atoms with van der Waals surface area (Å²) in [6, 6.07) is 23.7. The van der Waals surface area contributed by atoms with E-state index < -0.39 is 0 Å². The minimum absolute atomic E-state index is 0.106. The van der Waals surface area contributed by atoms with Gasteiger partial charge in [-0.05, 0) is 42.5 Å². The molecule has 0 unspecified atom stereocenters. The van der Waals surface area contributed by atoms with Gasteiger partial charge in [-0.1, -0.05) is 30.3 Å². The van der Waals surface area contributed by atoms with Crippen LogP contribution in [0.1, 0.15) is 20.8 Å². The third-order valence-corrected chi connectivity index (χ3v) is 6.96. The van der Waals surface area contributed by atoms with Gasteiger partial charge in [0.25, 0.3) is 5.91 Å². The van der Waals surface area contributed by atoms with Crippen LogP contribution in [0.15, 0.2) is 91.4 Å². The molecule has 7 heteroatoms. The molecule has 0 radical (unpaired) electrons. The molecule has 2 aromatic carbocycles. The predicted molar refractivity (Wildman–Crippen MR) is 132 cm³/mol. The molecular formula is C27H20N4O2S. The fourth-order valence-corrected chi connectivity index (χ4v) is 5.19. The lowest BCUT2D eigenvalue weighted by atomic mass is 10.1. The topological polar surface area (TPSA) is 69.0 Å². The number of benzene rings is 2. The second-order valence-corrected chi connectivity index (χ2v) is 9.00. The summed E-state index contributed by atoms with van der Waals surface area (Å²) in [4.78, 5) is 19.0. The van der Waals surface area contributed by atoms with Crippen LogP contribution in [0.25, 0.3) is 27.4 Å². The van der Waals surface area contributed by atoms with Crippen molar-refractivity contribution in [1.29, 1.82) is 0 Å². The monoisotopic (exact) mass is 464 g/mol. The average Bonchev–Trinajstić information content (AvgIpc) is 3.53. The lowest BCUT2D eigenvalue weighted by Crippen LogP contribution is -2.21. The zero-order chi connectivity index (χ0) is 22.9. The number of aromatic nitrogens is 3. The molecule has 166 valence electrons. The van der Waals surface area contributed by atoms with Crippen molar-refractivity contribution in [3.8, 4) is 33.1 Å². The number of thiophene rings is 1. The molecule has 34 heavy (non-hydrogen) atoms. The Morgan fingerprint density at radius 1 is 1.03 bits per heavy atom. The first kappa shape index (κ1) is 20.4. The Kier molecular flexibility index (Phi) is 5.16. The molecule has 1 N–H and O–H groups in total. The van der Waals surface area contributed by atoms with Crippen LogP contribution in [0.3, 0.4) is 0 Å². The highest BCUT2D eigenvalue weighted by Crippen LogP contribution is 2.42. The molecule has 0 saturated carbocycles. The Hall–Kier alpha value is -4.23. The number of carbonyl (C=O) groups excluding carboxylic acids is 1. The second-order valence-electron chi connectivity index (χ2n) is 7.95. The van der Waals surface area contributed by atoms with Crippen LogP contribution in [0.5, 0.6) is 5.75 Å². The summed E-state index contributed by atoms with van der Waals surface area (Å²) in [5.41, 5.74) is 5.74. The van der Waals surface area contributed by atoms with Crippen molar-refractivity contribution in [1.82, 2.24) is 20.1 Å². The van der Waals surface area contributed by atoms with E-state index in [0.717, 1.165) is 44.3 Å². The summed E-state index contributed by atoms with van der Waals surface area (Å²) in [6.07, 6.45) is 5.46. The number of hydrogen-bond acceptors (Lipinski definition) is 5. The second kappa shape index (κ2) is 8.61. The van der Waals surface area contributed by atoms with Crippen molar-refractivity contribution in [2.24, 2.45) is 0 Å². The quantitative estimate of drug-likeness (QED) is 0.374. The van der Waals surface area contributed by atoms with Crippen LogP contribution in [0.2, 0.25) is 0 Å². The lowest BCUT2D eigenvalue weighted by Gasteiger charge is -2.16. The number of rotatable bonds is 5. The van der Waals surface area contributed by atoms with Crippen LogP contribution >= 0.6 is 11.3 Å². The number of carbonyl (C=O) groups is 1. The van der Waals surface area contributed by atoms with Gasteiger partial charge in [0, 0.05) is 52.3 Å². The number of nitrogens with zero attached hydrogens (tertiary/aromatic N) is 3. The van der Waals surface area contributed by atoms with Gasteiger partial charge in [-0.15, -0.1) is 11.3 Å². The fraction of sp³-hybridized carbons (Fsp3) is 0.0741. The molecule has 3 aromatic heterocycles. The lowest BCUT2D eigenvalue weighted by molar-refractivity contribution is 0.0955. The van der Waals surface area contributed by atoms with Crippen LogP contribution in [-0.2, 0) is 13.2 Å². The molecule has 0 fully saturated rings. The molecule has 0 atom stereocenters. The summed E-state index contributed by atoms with van der Waals surface area (Å²) in [7, 11) is 0. The van der Waals surface area contributed by atoms with Gasteiger partial charge < -0.3 is 10.1 Å². The predicted octanol–water partition coefficient (Wildman–Crippen LogP) is 5.49. The first-order valence-corrected chi connectivity index (χ1v) is 11.8. The van der Waals surface area contributed by atoms with E-state index in [2.05, 4.69) is 10.3 Å². The Balaban J connectivity index is 1.27.